The molecule has 5 heteroatoms. The predicted octanol–water partition coefficient (Wildman–Crippen LogP) is 1.06. The summed E-state index contributed by atoms with van der Waals surface area (Å²) in [5.74, 6) is 0.227. The van der Waals surface area contributed by atoms with E-state index in [1.807, 2.05) is 0 Å². The number of nitrogens with one attached hydrogen (secondary N) is 2. The Morgan fingerprint density at radius 2 is 2.00 bits per heavy atom. The molecule has 0 spiro atoms. The summed E-state index contributed by atoms with van der Waals surface area (Å²) < 4.78 is 0. The summed E-state index contributed by atoms with van der Waals surface area (Å²) >= 11 is 0. The van der Waals surface area contributed by atoms with Crippen molar-refractivity contribution in [2.45, 2.75) is 50.9 Å². The highest BCUT2D eigenvalue weighted by Crippen LogP contribution is 2.37. The molecule has 3 aliphatic rings. The molecular formula is C12H20N2O3. The second-order valence-corrected chi connectivity index (χ2v) is 5.60. The number of aliphatic carboxylic acids is 1. The lowest BCUT2D eigenvalue weighted by molar-refractivity contribution is -0.143. The fourth-order valence-corrected chi connectivity index (χ4v) is 3.01. The molecule has 0 aromatic heterocycles. The van der Waals surface area contributed by atoms with Crippen LogP contribution in [0, 0.1) is 17.8 Å². The molecule has 3 N–H and O–H groups in total. The van der Waals surface area contributed by atoms with Crippen LogP contribution in [0.5, 0.6) is 0 Å². The highest BCUT2D eigenvalue weighted by molar-refractivity contribution is 5.70. The maximum Gasteiger partial charge on any atom is 0.306 e. The number of hydrogen-bond donors (Lipinski definition) is 3. The third-order valence-corrected chi connectivity index (χ3v) is 4.25. The van der Waals surface area contributed by atoms with Crippen molar-refractivity contribution in [1.82, 2.24) is 10.8 Å². The van der Waals surface area contributed by atoms with E-state index in [-0.39, 0.29) is 18.3 Å². The molecule has 2 saturated carbocycles. The van der Waals surface area contributed by atoms with Crippen LogP contribution in [0.2, 0.25) is 0 Å². The summed E-state index contributed by atoms with van der Waals surface area (Å²) in [7, 11) is 0. The number of carboxylic acids is 1. The molecule has 2 aliphatic carbocycles. The first-order valence-electron chi connectivity index (χ1n) is 6.64. The first-order valence-corrected chi connectivity index (χ1v) is 6.64. The van der Waals surface area contributed by atoms with Gasteiger partial charge < -0.3 is 5.11 Å². The molecule has 17 heavy (non-hydrogen) atoms. The molecule has 1 saturated heterocycles. The highest BCUT2D eigenvalue weighted by Gasteiger charge is 2.41. The van der Waals surface area contributed by atoms with E-state index in [2.05, 4.69) is 10.8 Å². The summed E-state index contributed by atoms with van der Waals surface area (Å²) in [6.07, 6.45) is 6.47. The zero-order chi connectivity index (χ0) is 11.8. The second kappa shape index (κ2) is 4.55. The molecule has 3 rings (SSSR count). The van der Waals surface area contributed by atoms with Crippen LogP contribution in [-0.4, -0.2) is 23.5 Å². The number of hydrogen-bond acceptors (Lipinski definition) is 4. The van der Waals surface area contributed by atoms with Crippen molar-refractivity contribution >= 4 is 5.97 Å². The Kier molecular flexibility index (Phi) is 3.06. The zero-order valence-electron chi connectivity index (χ0n) is 9.89. The summed E-state index contributed by atoms with van der Waals surface area (Å²) in [4.78, 5) is 16.6. The van der Waals surface area contributed by atoms with Gasteiger partial charge >= 0.3 is 5.97 Å². The third-order valence-electron chi connectivity index (χ3n) is 4.25. The van der Waals surface area contributed by atoms with Gasteiger partial charge in [-0.2, -0.15) is 5.48 Å². The van der Waals surface area contributed by atoms with Crippen molar-refractivity contribution in [1.29, 1.82) is 0 Å². The van der Waals surface area contributed by atoms with Gasteiger partial charge in [-0.1, -0.05) is 6.42 Å². The van der Waals surface area contributed by atoms with Crippen LogP contribution in [0.1, 0.15) is 38.5 Å². The molecule has 0 aromatic rings. The van der Waals surface area contributed by atoms with E-state index in [1.54, 1.807) is 0 Å². The van der Waals surface area contributed by atoms with Crippen molar-refractivity contribution in [2.24, 2.45) is 17.8 Å². The van der Waals surface area contributed by atoms with Gasteiger partial charge in [0.15, 0.2) is 0 Å². The van der Waals surface area contributed by atoms with E-state index in [4.69, 9.17) is 9.94 Å². The molecular weight excluding hydrogens is 220 g/mol. The van der Waals surface area contributed by atoms with Crippen LogP contribution in [0.4, 0.5) is 0 Å². The number of carbonyl (C=O) groups is 1. The molecule has 1 aliphatic heterocycles. The lowest BCUT2D eigenvalue weighted by atomic mass is 9.80. The number of rotatable bonds is 3. The fourth-order valence-electron chi connectivity index (χ4n) is 3.01. The summed E-state index contributed by atoms with van der Waals surface area (Å²) in [5, 5.41) is 12.5. The average molecular weight is 240 g/mol. The normalized spacial score (nSPS) is 42.6. The summed E-state index contributed by atoms with van der Waals surface area (Å²) in [6, 6.07) is 0. The largest absolute Gasteiger partial charge is 0.481 e. The van der Waals surface area contributed by atoms with Crippen LogP contribution < -0.4 is 10.8 Å². The van der Waals surface area contributed by atoms with Crippen molar-refractivity contribution in [3.63, 3.8) is 0 Å². The first kappa shape index (κ1) is 11.4. The van der Waals surface area contributed by atoms with E-state index < -0.39 is 5.97 Å². The van der Waals surface area contributed by atoms with Crippen LogP contribution >= 0.6 is 0 Å². The maximum atomic E-state index is 11.0. The van der Waals surface area contributed by atoms with Gasteiger partial charge in [0, 0.05) is 5.92 Å². The predicted molar refractivity (Wildman–Crippen MR) is 60.7 cm³/mol. The summed E-state index contributed by atoms with van der Waals surface area (Å²) in [5.41, 5.74) is 3.05. The standard InChI is InChI=1S/C12H20N2O3/c15-12(16)9-3-1-2-8(6-9)10-13-11(17-14-10)7-4-5-7/h7-11,13-14H,1-6H2,(H,15,16). The average Bonchev–Trinajstić information content (AvgIpc) is 3.07. The van der Waals surface area contributed by atoms with Gasteiger partial charge in [0.2, 0.25) is 0 Å². The lowest BCUT2D eigenvalue weighted by Gasteiger charge is -2.30. The van der Waals surface area contributed by atoms with E-state index in [0.29, 0.717) is 11.8 Å². The number of hydroxylamine groups is 1. The SMILES string of the molecule is O=C(O)C1CCCC(C2NOC(C3CC3)N2)C1. The summed E-state index contributed by atoms with van der Waals surface area (Å²) in [6.45, 7) is 0. The quantitative estimate of drug-likeness (QED) is 0.688. The molecule has 4 atom stereocenters. The van der Waals surface area contributed by atoms with Gasteiger partial charge in [-0.05, 0) is 38.0 Å². The van der Waals surface area contributed by atoms with Crippen LogP contribution in [0.25, 0.3) is 0 Å². The van der Waals surface area contributed by atoms with Crippen LogP contribution in [-0.2, 0) is 9.63 Å². The smallest absolute Gasteiger partial charge is 0.306 e. The maximum absolute atomic E-state index is 11.0. The van der Waals surface area contributed by atoms with E-state index >= 15 is 0 Å². The van der Waals surface area contributed by atoms with E-state index in [1.165, 1.54) is 12.8 Å². The molecule has 0 bridgehead atoms. The Morgan fingerprint density at radius 3 is 2.71 bits per heavy atom. The Labute approximate surface area is 101 Å². The minimum absolute atomic E-state index is 0.141. The molecule has 1 heterocycles. The molecule has 0 aromatic carbocycles. The minimum Gasteiger partial charge on any atom is -0.481 e. The van der Waals surface area contributed by atoms with E-state index in [0.717, 1.165) is 25.7 Å². The Balaban J connectivity index is 1.55. The first-order chi connectivity index (χ1) is 8.24. The van der Waals surface area contributed by atoms with Gasteiger partial charge in [0.05, 0.1) is 12.1 Å². The van der Waals surface area contributed by atoms with Crippen molar-refractivity contribution in [3.05, 3.63) is 0 Å². The van der Waals surface area contributed by atoms with Gasteiger partial charge in [-0.25, -0.2) is 0 Å². The molecule has 4 unspecified atom stereocenters. The van der Waals surface area contributed by atoms with Crippen molar-refractivity contribution in [3.8, 4) is 0 Å². The van der Waals surface area contributed by atoms with Gasteiger partial charge in [0.25, 0.3) is 0 Å². The monoisotopic (exact) mass is 240 g/mol. The third kappa shape index (κ3) is 2.46. The lowest BCUT2D eigenvalue weighted by Crippen LogP contribution is -2.43. The molecule has 5 nitrogen and oxygen atoms in total. The van der Waals surface area contributed by atoms with Gasteiger partial charge in [-0.3, -0.25) is 14.9 Å². The minimum atomic E-state index is -0.646. The van der Waals surface area contributed by atoms with Crippen molar-refractivity contribution in [2.75, 3.05) is 0 Å². The Morgan fingerprint density at radius 1 is 1.18 bits per heavy atom. The molecule has 0 amide bonds. The second-order valence-electron chi connectivity index (χ2n) is 5.60. The van der Waals surface area contributed by atoms with Crippen LogP contribution in [0.3, 0.4) is 0 Å². The topological polar surface area (TPSA) is 70.6 Å². The molecule has 96 valence electrons. The Hall–Kier alpha value is -0.650. The Bertz CT molecular complexity index is 306. The van der Waals surface area contributed by atoms with E-state index in [9.17, 15) is 4.79 Å². The van der Waals surface area contributed by atoms with Crippen LogP contribution in [0.15, 0.2) is 0 Å². The fraction of sp³-hybridized carbons (Fsp3) is 0.917. The van der Waals surface area contributed by atoms with Crippen molar-refractivity contribution < 1.29 is 14.7 Å². The zero-order valence-corrected chi connectivity index (χ0v) is 9.89. The van der Waals surface area contributed by atoms with Gasteiger partial charge in [0.1, 0.15) is 6.23 Å². The molecule has 0 radical (unpaired) electrons. The highest BCUT2D eigenvalue weighted by atomic mass is 16.7. The molecule has 3 fully saturated rings. The van der Waals surface area contributed by atoms with Gasteiger partial charge in [-0.15, -0.1) is 0 Å². The number of carboxylic acid groups (broad SMARTS) is 1.